The average Bonchev–Trinajstić information content (AvgIpc) is 2.48. The molecule has 0 bridgehead atoms. The first-order valence-electron chi connectivity index (χ1n) is 6.01. The van der Waals surface area contributed by atoms with Gasteiger partial charge in [-0.2, -0.15) is 0 Å². The summed E-state index contributed by atoms with van der Waals surface area (Å²) in [6, 6.07) is 8.11. The number of hydrogen-bond donors (Lipinski definition) is 2. The topological polar surface area (TPSA) is 87.1 Å². The summed E-state index contributed by atoms with van der Waals surface area (Å²) in [5, 5.41) is 19.6. The molecule has 1 heterocycles. The van der Waals surface area contributed by atoms with Crippen molar-refractivity contribution in [1.29, 1.82) is 0 Å². The van der Waals surface area contributed by atoms with Gasteiger partial charge in [0.15, 0.2) is 0 Å². The van der Waals surface area contributed by atoms with Crippen molar-refractivity contribution in [1.82, 2.24) is 5.06 Å². The maximum absolute atomic E-state index is 12.0. The van der Waals surface area contributed by atoms with E-state index in [0.717, 1.165) is 0 Å². The maximum atomic E-state index is 12.0. The molecule has 0 aliphatic carbocycles. The molecule has 2 aromatic carbocycles. The highest BCUT2D eigenvalue weighted by Crippen LogP contribution is 2.32. The summed E-state index contributed by atoms with van der Waals surface area (Å²) < 4.78 is 5.29. The fourth-order valence-electron chi connectivity index (χ4n) is 2.31. The van der Waals surface area contributed by atoms with Crippen LogP contribution in [0.2, 0.25) is 0 Å². The molecule has 0 spiro atoms. The van der Waals surface area contributed by atoms with Crippen molar-refractivity contribution >= 4 is 22.6 Å². The van der Waals surface area contributed by atoms with E-state index in [1.807, 2.05) is 0 Å². The van der Waals surface area contributed by atoms with Crippen LogP contribution >= 0.6 is 0 Å². The lowest BCUT2D eigenvalue weighted by Crippen LogP contribution is -2.37. The molecule has 1 aliphatic heterocycles. The number of aliphatic hydroxyl groups excluding tert-OH is 1. The van der Waals surface area contributed by atoms with Gasteiger partial charge in [0, 0.05) is 5.39 Å². The first-order chi connectivity index (χ1) is 9.63. The zero-order chi connectivity index (χ0) is 14.3. The van der Waals surface area contributed by atoms with Crippen LogP contribution in [-0.4, -0.2) is 40.4 Å². The molecule has 3 rings (SSSR count). The van der Waals surface area contributed by atoms with Crippen molar-refractivity contribution in [2.24, 2.45) is 0 Å². The molecular formula is C14H11NO5. The lowest BCUT2D eigenvalue weighted by Gasteiger charge is -2.22. The summed E-state index contributed by atoms with van der Waals surface area (Å²) in [6.45, 7) is -0.0490. The standard InChI is InChI=1S/C14H11NO5/c16-4-5-20-9-6-8-2-1-3-10-12(8)11(7-9)14(18)15(19)13(10)17/h1-3,6-7,16,19H,4-5H2. The lowest BCUT2D eigenvalue weighted by atomic mass is 9.95. The Morgan fingerprint density at radius 2 is 1.85 bits per heavy atom. The molecular weight excluding hydrogens is 262 g/mol. The summed E-state index contributed by atoms with van der Waals surface area (Å²) >= 11 is 0. The van der Waals surface area contributed by atoms with Gasteiger partial charge in [-0.15, -0.1) is 5.06 Å². The third-order valence-corrected chi connectivity index (χ3v) is 3.16. The van der Waals surface area contributed by atoms with E-state index in [1.165, 1.54) is 6.07 Å². The predicted molar refractivity (Wildman–Crippen MR) is 68.8 cm³/mol. The van der Waals surface area contributed by atoms with E-state index < -0.39 is 11.8 Å². The molecule has 0 atom stereocenters. The number of imide groups is 1. The van der Waals surface area contributed by atoms with Crippen LogP contribution in [-0.2, 0) is 0 Å². The number of carbonyl (C=O) groups excluding carboxylic acids is 2. The van der Waals surface area contributed by atoms with E-state index in [4.69, 9.17) is 9.84 Å². The second-order valence-corrected chi connectivity index (χ2v) is 4.37. The monoisotopic (exact) mass is 273 g/mol. The molecule has 1 aliphatic rings. The van der Waals surface area contributed by atoms with Gasteiger partial charge >= 0.3 is 0 Å². The number of hydrogen-bond acceptors (Lipinski definition) is 5. The van der Waals surface area contributed by atoms with Gasteiger partial charge < -0.3 is 9.84 Å². The van der Waals surface area contributed by atoms with Crippen molar-refractivity contribution in [2.75, 3.05) is 13.2 Å². The van der Waals surface area contributed by atoms with Gasteiger partial charge in [0.25, 0.3) is 11.8 Å². The molecule has 20 heavy (non-hydrogen) atoms. The lowest BCUT2D eigenvalue weighted by molar-refractivity contribution is -0.0377. The Morgan fingerprint density at radius 3 is 2.60 bits per heavy atom. The largest absolute Gasteiger partial charge is 0.491 e. The Kier molecular flexibility index (Phi) is 2.89. The molecule has 2 N–H and O–H groups in total. The molecule has 0 aromatic heterocycles. The second kappa shape index (κ2) is 4.59. The Bertz CT molecular complexity index is 725. The first-order valence-corrected chi connectivity index (χ1v) is 6.01. The van der Waals surface area contributed by atoms with Gasteiger partial charge in [-0.25, -0.2) is 0 Å². The number of rotatable bonds is 3. The van der Waals surface area contributed by atoms with Gasteiger partial charge in [0.2, 0.25) is 0 Å². The normalized spacial score (nSPS) is 14.0. The third-order valence-electron chi connectivity index (χ3n) is 3.16. The molecule has 0 unspecified atom stereocenters. The molecule has 6 nitrogen and oxygen atoms in total. The fourth-order valence-corrected chi connectivity index (χ4v) is 2.31. The molecule has 102 valence electrons. The van der Waals surface area contributed by atoms with E-state index in [2.05, 4.69) is 0 Å². The van der Waals surface area contributed by atoms with Crippen LogP contribution in [0.4, 0.5) is 0 Å². The van der Waals surface area contributed by atoms with Gasteiger partial charge in [-0.1, -0.05) is 12.1 Å². The molecule has 0 saturated carbocycles. The minimum Gasteiger partial charge on any atom is -0.491 e. The van der Waals surface area contributed by atoms with E-state index >= 15 is 0 Å². The Hall–Kier alpha value is -2.44. The van der Waals surface area contributed by atoms with Crippen LogP contribution in [0.1, 0.15) is 20.7 Å². The highest BCUT2D eigenvalue weighted by molar-refractivity contribution is 6.24. The number of nitrogens with zero attached hydrogens (tertiary/aromatic N) is 1. The quantitative estimate of drug-likeness (QED) is 0.648. The van der Waals surface area contributed by atoms with E-state index in [9.17, 15) is 14.8 Å². The maximum Gasteiger partial charge on any atom is 0.285 e. The van der Waals surface area contributed by atoms with Crippen molar-refractivity contribution < 1.29 is 24.6 Å². The summed E-state index contributed by atoms with van der Waals surface area (Å²) in [6.07, 6.45) is 0. The van der Waals surface area contributed by atoms with Crippen molar-refractivity contribution in [3.05, 3.63) is 41.5 Å². The minimum absolute atomic E-state index is 0.0978. The highest BCUT2D eigenvalue weighted by atomic mass is 16.5. The molecule has 2 amide bonds. The number of carbonyl (C=O) groups is 2. The van der Waals surface area contributed by atoms with Crippen LogP contribution < -0.4 is 4.74 Å². The SMILES string of the molecule is O=C1c2cccc3cc(OCCO)cc(c23)C(=O)N1O. The summed E-state index contributed by atoms with van der Waals surface area (Å²) in [7, 11) is 0. The second-order valence-electron chi connectivity index (χ2n) is 4.37. The minimum atomic E-state index is -0.784. The number of ether oxygens (including phenoxy) is 1. The van der Waals surface area contributed by atoms with Crippen LogP contribution in [0.5, 0.6) is 5.75 Å². The smallest absolute Gasteiger partial charge is 0.285 e. The molecule has 0 radical (unpaired) electrons. The van der Waals surface area contributed by atoms with E-state index in [0.29, 0.717) is 16.5 Å². The molecule has 2 aromatic rings. The molecule has 0 fully saturated rings. The van der Waals surface area contributed by atoms with E-state index in [-0.39, 0.29) is 29.4 Å². The zero-order valence-electron chi connectivity index (χ0n) is 10.4. The highest BCUT2D eigenvalue weighted by Gasteiger charge is 2.32. The summed E-state index contributed by atoms with van der Waals surface area (Å²) in [4.78, 5) is 23.9. The Balaban J connectivity index is 2.26. The van der Waals surface area contributed by atoms with Crippen molar-refractivity contribution in [3.8, 4) is 5.75 Å². The Morgan fingerprint density at radius 1 is 1.10 bits per heavy atom. The molecule has 0 saturated heterocycles. The van der Waals surface area contributed by atoms with Gasteiger partial charge in [0.1, 0.15) is 12.4 Å². The fraction of sp³-hybridized carbons (Fsp3) is 0.143. The number of aliphatic hydroxyl groups is 1. The first kappa shape index (κ1) is 12.6. The number of amides is 2. The zero-order valence-corrected chi connectivity index (χ0v) is 10.4. The number of benzene rings is 2. The van der Waals surface area contributed by atoms with Crippen LogP contribution in [0.3, 0.4) is 0 Å². The van der Waals surface area contributed by atoms with E-state index in [1.54, 1.807) is 24.3 Å². The summed E-state index contributed by atoms with van der Waals surface area (Å²) in [5.41, 5.74) is 0.474. The molecule has 6 heteroatoms. The average molecular weight is 273 g/mol. The third kappa shape index (κ3) is 1.74. The van der Waals surface area contributed by atoms with Gasteiger partial charge in [0.05, 0.1) is 17.7 Å². The van der Waals surface area contributed by atoms with Gasteiger partial charge in [-0.3, -0.25) is 14.8 Å². The van der Waals surface area contributed by atoms with Crippen LogP contribution in [0.25, 0.3) is 10.8 Å². The Labute approximate surface area is 113 Å². The number of hydroxylamine groups is 2. The van der Waals surface area contributed by atoms with Crippen molar-refractivity contribution in [2.45, 2.75) is 0 Å². The van der Waals surface area contributed by atoms with Gasteiger partial charge in [-0.05, 0) is 23.6 Å². The van der Waals surface area contributed by atoms with Crippen LogP contribution in [0.15, 0.2) is 30.3 Å². The van der Waals surface area contributed by atoms with Crippen LogP contribution in [0, 0.1) is 0 Å². The van der Waals surface area contributed by atoms with Crippen molar-refractivity contribution in [3.63, 3.8) is 0 Å². The summed E-state index contributed by atoms with van der Waals surface area (Å²) in [5.74, 6) is -1.12. The predicted octanol–water partition coefficient (Wildman–Crippen LogP) is 1.20.